The van der Waals surface area contributed by atoms with Crippen LogP contribution in [0.5, 0.6) is 17.2 Å². The number of aromatic nitrogens is 2. The summed E-state index contributed by atoms with van der Waals surface area (Å²) in [5.41, 5.74) is 2.58. The van der Waals surface area contributed by atoms with E-state index in [1.54, 1.807) is 21.3 Å². The Balaban J connectivity index is 1.78. The highest BCUT2D eigenvalue weighted by molar-refractivity contribution is 7.17. The zero-order valence-corrected chi connectivity index (χ0v) is 18.1. The summed E-state index contributed by atoms with van der Waals surface area (Å²) in [5, 5.41) is 3.80. The Hall–Kier alpha value is -3.00. The molecule has 8 heteroatoms. The maximum atomic E-state index is 12.8. The molecule has 2 aromatic heterocycles. The lowest BCUT2D eigenvalue weighted by atomic mass is 10.1. The highest BCUT2D eigenvalue weighted by atomic mass is 32.1. The standard InChI is InChI=1S/C21H25N3O4S/c1-6-24-9-7-8-15(24)21-23-13(2)19(29-21)20(25)22-12-14-10-16(26-3)18(28-5)17(11-14)27-4/h7-11H,6,12H2,1-5H3,(H,22,25). The van der Waals surface area contributed by atoms with Gasteiger partial charge in [-0.05, 0) is 43.7 Å². The van der Waals surface area contributed by atoms with Crippen LogP contribution in [-0.2, 0) is 13.1 Å². The number of rotatable bonds is 8. The van der Waals surface area contributed by atoms with E-state index in [2.05, 4.69) is 21.8 Å². The molecule has 0 aliphatic rings. The largest absolute Gasteiger partial charge is 0.493 e. The van der Waals surface area contributed by atoms with Crippen molar-refractivity contribution < 1.29 is 19.0 Å². The highest BCUT2D eigenvalue weighted by Gasteiger charge is 2.18. The van der Waals surface area contributed by atoms with Crippen LogP contribution in [0, 0.1) is 6.92 Å². The molecule has 3 aromatic rings. The fourth-order valence-corrected chi connectivity index (χ4v) is 4.12. The van der Waals surface area contributed by atoms with E-state index < -0.39 is 0 Å². The van der Waals surface area contributed by atoms with Crippen molar-refractivity contribution in [2.45, 2.75) is 26.9 Å². The lowest BCUT2D eigenvalue weighted by molar-refractivity contribution is 0.0954. The van der Waals surface area contributed by atoms with Gasteiger partial charge in [-0.2, -0.15) is 0 Å². The number of nitrogens with zero attached hydrogens (tertiary/aromatic N) is 2. The molecule has 154 valence electrons. The molecule has 0 aliphatic heterocycles. The minimum absolute atomic E-state index is 0.158. The Kier molecular flexibility index (Phi) is 6.43. The van der Waals surface area contributed by atoms with E-state index in [0.717, 1.165) is 28.5 Å². The number of thiazole rings is 1. The third-order valence-electron chi connectivity index (χ3n) is 4.57. The number of methoxy groups -OCH3 is 3. The summed E-state index contributed by atoms with van der Waals surface area (Å²) in [6, 6.07) is 7.64. The molecule has 0 atom stereocenters. The molecule has 0 fully saturated rings. The average Bonchev–Trinajstić information content (AvgIpc) is 3.37. The van der Waals surface area contributed by atoms with Crippen LogP contribution in [0.1, 0.15) is 27.9 Å². The van der Waals surface area contributed by atoms with Crippen LogP contribution in [0.4, 0.5) is 0 Å². The van der Waals surface area contributed by atoms with Gasteiger partial charge in [-0.25, -0.2) is 4.98 Å². The maximum absolute atomic E-state index is 12.8. The third-order valence-corrected chi connectivity index (χ3v) is 5.75. The van der Waals surface area contributed by atoms with Gasteiger partial charge in [-0.1, -0.05) is 0 Å². The minimum atomic E-state index is -0.158. The van der Waals surface area contributed by atoms with Crippen molar-refractivity contribution >= 4 is 17.2 Å². The van der Waals surface area contributed by atoms with Crippen LogP contribution < -0.4 is 19.5 Å². The van der Waals surface area contributed by atoms with Crippen molar-refractivity contribution in [1.29, 1.82) is 0 Å². The number of hydrogen-bond donors (Lipinski definition) is 1. The number of carbonyl (C=O) groups is 1. The lowest BCUT2D eigenvalue weighted by Crippen LogP contribution is -2.22. The van der Waals surface area contributed by atoms with Crippen LogP contribution in [0.3, 0.4) is 0 Å². The van der Waals surface area contributed by atoms with Crippen molar-refractivity contribution in [3.05, 3.63) is 46.6 Å². The van der Waals surface area contributed by atoms with Gasteiger partial charge in [-0.3, -0.25) is 4.79 Å². The number of benzene rings is 1. The molecule has 0 aliphatic carbocycles. The van der Waals surface area contributed by atoms with Crippen molar-refractivity contribution in [2.75, 3.05) is 21.3 Å². The van der Waals surface area contributed by atoms with Gasteiger partial charge in [0.15, 0.2) is 11.5 Å². The van der Waals surface area contributed by atoms with Gasteiger partial charge in [-0.15, -0.1) is 11.3 Å². The number of aryl methyl sites for hydroxylation is 2. The third kappa shape index (κ3) is 4.22. The lowest BCUT2D eigenvalue weighted by Gasteiger charge is -2.14. The monoisotopic (exact) mass is 415 g/mol. The molecule has 0 bridgehead atoms. The van der Waals surface area contributed by atoms with Crippen LogP contribution in [0.15, 0.2) is 30.5 Å². The van der Waals surface area contributed by atoms with Crippen molar-refractivity contribution in [3.8, 4) is 28.0 Å². The number of carbonyl (C=O) groups excluding carboxylic acids is 1. The molecule has 1 aromatic carbocycles. The Labute approximate surface area is 174 Å². The SMILES string of the molecule is CCn1cccc1-c1nc(C)c(C(=O)NCc2cc(OC)c(OC)c(OC)c2)s1. The molecule has 2 heterocycles. The number of hydrogen-bond acceptors (Lipinski definition) is 6. The predicted octanol–water partition coefficient (Wildman–Crippen LogP) is 3.90. The molecule has 0 saturated heterocycles. The Morgan fingerprint density at radius 1 is 1.17 bits per heavy atom. The van der Waals surface area contributed by atoms with Gasteiger partial charge >= 0.3 is 0 Å². The van der Waals surface area contributed by atoms with E-state index >= 15 is 0 Å². The molecular weight excluding hydrogens is 390 g/mol. The second-order valence-electron chi connectivity index (χ2n) is 6.33. The zero-order valence-electron chi connectivity index (χ0n) is 17.2. The summed E-state index contributed by atoms with van der Waals surface area (Å²) in [7, 11) is 4.68. The Morgan fingerprint density at radius 2 is 1.86 bits per heavy atom. The van der Waals surface area contributed by atoms with Gasteiger partial charge in [0.2, 0.25) is 5.75 Å². The summed E-state index contributed by atoms with van der Waals surface area (Å²) >= 11 is 1.40. The van der Waals surface area contributed by atoms with Gasteiger partial charge in [0.25, 0.3) is 5.91 Å². The van der Waals surface area contributed by atoms with Crippen LogP contribution >= 0.6 is 11.3 Å². The first-order valence-corrected chi connectivity index (χ1v) is 10.0. The molecule has 1 N–H and O–H groups in total. The summed E-state index contributed by atoms with van der Waals surface area (Å²) in [5.74, 6) is 1.46. The molecule has 0 spiro atoms. The van der Waals surface area contributed by atoms with Gasteiger partial charge in [0, 0.05) is 19.3 Å². The second-order valence-corrected chi connectivity index (χ2v) is 7.33. The number of nitrogens with one attached hydrogen (secondary N) is 1. The highest BCUT2D eigenvalue weighted by Crippen LogP contribution is 2.38. The van der Waals surface area contributed by atoms with E-state index in [1.807, 2.05) is 37.4 Å². The first-order valence-electron chi connectivity index (χ1n) is 9.22. The van der Waals surface area contributed by atoms with E-state index in [9.17, 15) is 4.79 Å². The van der Waals surface area contributed by atoms with Crippen molar-refractivity contribution in [2.24, 2.45) is 0 Å². The average molecular weight is 416 g/mol. The molecule has 3 rings (SSSR count). The summed E-state index contributed by atoms with van der Waals surface area (Å²) in [6.45, 7) is 5.11. The molecule has 0 unspecified atom stereocenters. The van der Waals surface area contributed by atoms with E-state index in [0.29, 0.717) is 28.7 Å². The van der Waals surface area contributed by atoms with E-state index in [4.69, 9.17) is 14.2 Å². The topological polar surface area (TPSA) is 74.6 Å². The quantitative estimate of drug-likeness (QED) is 0.604. The fraction of sp³-hybridized carbons (Fsp3) is 0.333. The molecule has 1 amide bonds. The van der Waals surface area contributed by atoms with Crippen LogP contribution in [-0.4, -0.2) is 36.8 Å². The van der Waals surface area contributed by atoms with Gasteiger partial charge in [0.05, 0.1) is 32.7 Å². The minimum Gasteiger partial charge on any atom is -0.493 e. The smallest absolute Gasteiger partial charge is 0.263 e. The number of ether oxygens (including phenoxy) is 3. The summed E-state index contributed by atoms with van der Waals surface area (Å²) < 4.78 is 18.2. The predicted molar refractivity (Wildman–Crippen MR) is 113 cm³/mol. The number of amides is 1. The van der Waals surface area contributed by atoms with Gasteiger partial charge < -0.3 is 24.1 Å². The van der Waals surface area contributed by atoms with Crippen molar-refractivity contribution in [1.82, 2.24) is 14.9 Å². The Bertz CT molecular complexity index is 984. The van der Waals surface area contributed by atoms with E-state index in [-0.39, 0.29) is 5.91 Å². The summed E-state index contributed by atoms with van der Waals surface area (Å²) in [4.78, 5) is 18.0. The fourth-order valence-electron chi connectivity index (χ4n) is 3.10. The van der Waals surface area contributed by atoms with Crippen LogP contribution in [0.25, 0.3) is 10.7 Å². The normalized spacial score (nSPS) is 10.7. The first-order chi connectivity index (χ1) is 14.0. The van der Waals surface area contributed by atoms with Crippen molar-refractivity contribution in [3.63, 3.8) is 0 Å². The molecule has 7 nitrogen and oxygen atoms in total. The van der Waals surface area contributed by atoms with Crippen LogP contribution in [0.2, 0.25) is 0 Å². The molecule has 29 heavy (non-hydrogen) atoms. The molecule has 0 radical (unpaired) electrons. The molecular formula is C21H25N3O4S. The summed E-state index contributed by atoms with van der Waals surface area (Å²) in [6.07, 6.45) is 2.01. The van der Waals surface area contributed by atoms with Gasteiger partial charge in [0.1, 0.15) is 9.88 Å². The zero-order chi connectivity index (χ0) is 21.0. The second kappa shape index (κ2) is 9.00. The first kappa shape index (κ1) is 20.7. The van der Waals surface area contributed by atoms with E-state index in [1.165, 1.54) is 11.3 Å². The Morgan fingerprint density at radius 3 is 2.45 bits per heavy atom. The molecule has 0 saturated carbocycles. The maximum Gasteiger partial charge on any atom is 0.263 e.